The first kappa shape index (κ1) is 17.0. The second-order valence-corrected chi connectivity index (χ2v) is 6.47. The van der Waals surface area contributed by atoms with E-state index in [-0.39, 0.29) is 11.4 Å². The Morgan fingerprint density at radius 3 is 2.57 bits per heavy atom. The molecule has 8 heteroatoms. The fourth-order valence-electron chi connectivity index (χ4n) is 1.47. The number of benzene rings is 1. The zero-order valence-corrected chi connectivity index (χ0v) is 12.8. The molecule has 0 fully saturated rings. The molecular weight excluding hydrogens is 294 g/mol. The summed E-state index contributed by atoms with van der Waals surface area (Å²) < 4.78 is 22.8. The van der Waals surface area contributed by atoms with Crippen molar-refractivity contribution in [1.29, 1.82) is 0 Å². The van der Waals surface area contributed by atoms with Crippen LogP contribution in [0.5, 0.6) is 0 Å². The standard InChI is InChI=1S/C13H19N3O4S/c1-3-7-14-13(18)16-12(17)9-15-10-5-4-6-11(8-10)21(2,19)20/h4-6,8,15H,3,7,9H2,1-2H3,(H2,14,16,17,18). The van der Waals surface area contributed by atoms with Gasteiger partial charge in [0.1, 0.15) is 0 Å². The van der Waals surface area contributed by atoms with E-state index in [9.17, 15) is 18.0 Å². The number of hydrogen-bond acceptors (Lipinski definition) is 5. The highest BCUT2D eigenvalue weighted by molar-refractivity contribution is 7.90. The second-order valence-electron chi connectivity index (χ2n) is 4.46. The van der Waals surface area contributed by atoms with Gasteiger partial charge in [0.05, 0.1) is 11.4 Å². The second kappa shape index (κ2) is 7.63. The summed E-state index contributed by atoms with van der Waals surface area (Å²) in [6, 6.07) is 5.57. The first-order valence-electron chi connectivity index (χ1n) is 6.44. The lowest BCUT2D eigenvalue weighted by Crippen LogP contribution is -2.42. The van der Waals surface area contributed by atoms with E-state index in [0.717, 1.165) is 12.7 Å². The van der Waals surface area contributed by atoms with Crippen molar-refractivity contribution < 1.29 is 18.0 Å². The van der Waals surface area contributed by atoms with Gasteiger partial charge in [-0.2, -0.15) is 0 Å². The third-order valence-corrected chi connectivity index (χ3v) is 3.61. The quantitative estimate of drug-likeness (QED) is 0.718. The Hall–Kier alpha value is -2.09. The van der Waals surface area contributed by atoms with Crippen LogP contribution in [0.25, 0.3) is 0 Å². The summed E-state index contributed by atoms with van der Waals surface area (Å²) in [6.45, 7) is 2.26. The molecule has 116 valence electrons. The zero-order valence-electron chi connectivity index (χ0n) is 12.0. The zero-order chi connectivity index (χ0) is 15.9. The maximum Gasteiger partial charge on any atom is 0.321 e. The Balaban J connectivity index is 2.52. The minimum absolute atomic E-state index is 0.132. The van der Waals surface area contributed by atoms with Crippen molar-refractivity contribution in [2.75, 3.05) is 24.7 Å². The fraction of sp³-hybridized carbons (Fsp3) is 0.385. The lowest BCUT2D eigenvalue weighted by Gasteiger charge is -2.08. The summed E-state index contributed by atoms with van der Waals surface area (Å²) in [7, 11) is -3.30. The average molecular weight is 313 g/mol. The molecule has 1 aromatic rings. The number of amides is 3. The third-order valence-electron chi connectivity index (χ3n) is 2.50. The van der Waals surface area contributed by atoms with Gasteiger partial charge >= 0.3 is 6.03 Å². The SMILES string of the molecule is CCCNC(=O)NC(=O)CNc1cccc(S(C)(=O)=O)c1. The monoisotopic (exact) mass is 313 g/mol. The van der Waals surface area contributed by atoms with Gasteiger partial charge in [-0.3, -0.25) is 10.1 Å². The van der Waals surface area contributed by atoms with E-state index in [4.69, 9.17) is 0 Å². The van der Waals surface area contributed by atoms with E-state index in [1.54, 1.807) is 12.1 Å². The van der Waals surface area contributed by atoms with Crippen LogP contribution in [0.2, 0.25) is 0 Å². The molecule has 0 saturated carbocycles. The number of urea groups is 1. The van der Waals surface area contributed by atoms with Crippen molar-refractivity contribution in [3.8, 4) is 0 Å². The largest absolute Gasteiger partial charge is 0.376 e. The van der Waals surface area contributed by atoms with Crippen LogP contribution >= 0.6 is 0 Å². The number of hydrogen-bond donors (Lipinski definition) is 3. The molecular formula is C13H19N3O4S. The number of rotatable bonds is 6. The number of carbonyl (C=O) groups excluding carboxylic acids is 2. The maximum absolute atomic E-state index is 11.5. The summed E-state index contributed by atoms with van der Waals surface area (Å²) in [4.78, 5) is 22.9. The molecule has 0 unspecified atom stereocenters. The molecule has 0 aliphatic heterocycles. The van der Waals surface area contributed by atoms with Gasteiger partial charge in [0.2, 0.25) is 5.91 Å². The number of carbonyl (C=O) groups is 2. The van der Waals surface area contributed by atoms with Crippen LogP contribution in [0.4, 0.5) is 10.5 Å². The topological polar surface area (TPSA) is 104 Å². The molecule has 7 nitrogen and oxygen atoms in total. The smallest absolute Gasteiger partial charge is 0.321 e. The molecule has 0 aliphatic carbocycles. The van der Waals surface area contributed by atoms with Crippen LogP contribution in [0.3, 0.4) is 0 Å². The van der Waals surface area contributed by atoms with E-state index in [2.05, 4.69) is 16.0 Å². The van der Waals surface area contributed by atoms with Crippen LogP contribution in [-0.2, 0) is 14.6 Å². The van der Waals surface area contributed by atoms with Gasteiger partial charge in [0.25, 0.3) is 0 Å². The van der Waals surface area contributed by atoms with E-state index in [1.807, 2.05) is 6.92 Å². The highest BCUT2D eigenvalue weighted by Crippen LogP contribution is 2.14. The molecule has 0 radical (unpaired) electrons. The fourth-order valence-corrected chi connectivity index (χ4v) is 2.14. The van der Waals surface area contributed by atoms with Gasteiger partial charge in [-0.15, -0.1) is 0 Å². The van der Waals surface area contributed by atoms with E-state index < -0.39 is 21.8 Å². The summed E-state index contributed by atoms with van der Waals surface area (Å²) in [5.74, 6) is -0.506. The molecule has 0 aliphatic rings. The average Bonchev–Trinajstić information content (AvgIpc) is 2.42. The Morgan fingerprint density at radius 1 is 1.24 bits per heavy atom. The van der Waals surface area contributed by atoms with Crippen LogP contribution in [0.1, 0.15) is 13.3 Å². The molecule has 3 amide bonds. The Labute approximate surface area is 124 Å². The lowest BCUT2D eigenvalue weighted by atomic mass is 10.3. The summed E-state index contributed by atoms with van der Waals surface area (Å²) >= 11 is 0. The van der Waals surface area contributed by atoms with Crippen LogP contribution < -0.4 is 16.0 Å². The third kappa shape index (κ3) is 6.26. The van der Waals surface area contributed by atoms with Gasteiger partial charge in [-0.1, -0.05) is 13.0 Å². The number of sulfone groups is 1. The normalized spacial score (nSPS) is 10.8. The van der Waals surface area contributed by atoms with E-state index in [1.165, 1.54) is 12.1 Å². The van der Waals surface area contributed by atoms with Crippen molar-refractivity contribution in [3.05, 3.63) is 24.3 Å². The van der Waals surface area contributed by atoms with Gasteiger partial charge < -0.3 is 10.6 Å². The molecule has 0 atom stereocenters. The van der Waals surface area contributed by atoms with Crippen molar-refractivity contribution in [1.82, 2.24) is 10.6 Å². The predicted octanol–water partition coefficient (Wildman–Crippen LogP) is 0.738. The molecule has 0 saturated heterocycles. The highest BCUT2D eigenvalue weighted by atomic mass is 32.2. The minimum atomic E-state index is -3.30. The molecule has 3 N–H and O–H groups in total. The highest BCUT2D eigenvalue weighted by Gasteiger charge is 2.09. The number of nitrogens with one attached hydrogen (secondary N) is 3. The minimum Gasteiger partial charge on any atom is -0.376 e. The van der Waals surface area contributed by atoms with Gasteiger partial charge in [-0.25, -0.2) is 13.2 Å². The molecule has 0 spiro atoms. The van der Waals surface area contributed by atoms with Crippen molar-refractivity contribution >= 4 is 27.5 Å². The Morgan fingerprint density at radius 2 is 1.95 bits per heavy atom. The molecule has 0 bridgehead atoms. The van der Waals surface area contributed by atoms with E-state index >= 15 is 0 Å². The summed E-state index contributed by atoms with van der Waals surface area (Å²) in [5.41, 5.74) is 0.488. The Kier molecular flexibility index (Phi) is 6.16. The first-order chi connectivity index (χ1) is 9.82. The molecule has 0 aromatic heterocycles. The van der Waals surface area contributed by atoms with Gasteiger partial charge in [0, 0.05) is 18.5 Å². The van der Waals surface area contributed by atoms with Crippen molar-refractivity contribution in [2.45, 2.75) is 18.2 Å². The van der Waals surface area contributed by atoms with Crippen LogP contribution in [0, 0.1) is 0 Å². The molecule has 1 aromatic carbocycles. The first-order valence-corrected chi connectivity index (χ1v) is 8.33. The molecule has 0 heterocycles. The lowest BCUT2D eigenvalue weighted by molar-refractivity contribution is -0.118. The molecule has 1 rings (SSSR count). The maximum atomic E-state index is 11.5. The summed E-state index contributed by atoms with van der Waals surface area (Å²) in [6.07, 6.45) is 1.88. The van der Waals surface area contributed by atoms with Crippen LogP contribution in [-0.4, -0.2) is 39.7 Å². The van der Waals surface area contributed by atoms with Gasteiger partial charge in [-0.05, 0) is 24.6 Å². The summed E-state index contributed by atoms with van der Waals surface area (Å²) in [5, 5.41) is 7.43. The molecule has 21 heavy (non-hydrogen) atoms. The van der Waals surface area contributed by atoms with Crippen LogP contribution in [0.15, 0.2) is 29.2 Å². The number of imide groups is 1. The Bertz CT molecular complexity index is 614. The number of anilines is 1. The predicted molar refractivity (Wildman–Crippen MR) is 79.9 cm³/mol. The van der Waals surface area contributed by atoms with Gasteiger partial charge in [0.15, 0.2) is 9.84 Å². The van der Waals surface area contributed by atoms with Crippen molar-refractivity contribution in [2.24, 2.45) is 0 Å². The van der Waals surface area contributed by atoms with Crippen molar-refractivity contribution in [3.63, 3.8) is 0 Å². The van der Waals surface area contributed by atoms with E-state index in [0.29, 0.717) is 12.2 Å².